The maximum absolute atomic E-state index is 8.65. The van der Waals surface area contributed by atoms with Crippen molar-refractivity contribution in [3.63, 3.8) is 0 Å². The topological polar surface area (TPSA) is 49.8 Å². The molecule has 0 atom stereocenters. The highest BCUT2D eigenvalue weighted by Crippen LogP contribution is 2.12. The fourth-order valence-corrected chi connectivity index (χ4v) is 2.26. The standard InChI is InChI=1S/C11H11N3S.BrH/c12-7-9-1-3-10(4-2-9)8-15-11-13-5-6-14-11;/h1-4H,5-6,8H2,(H,13,14);1H. The molecule has 0 aliphatic carbocycles. The molecule has 0 radical (unpaired) electrons. The van der Waals surface area contributed by atoms with Gasteiger partial charge in [0.25, 0.3) is 0 Å². The number of hydrogen-bond acceptors (Lipinski definition) is 3. The first-order valence-electron chi connectivity index (χ1n) is 4.85. The number of benzene rings is 1. The third-order valence-corrected chi connectivity index (χ3v) is 3.22. The van der Waals surface area contributed by atoms with E-state index in [0.29, 0.717) is 5.56 Å². The molecule has 0 saturated carbocycles. The lowest BCUT2D eigenvalue weighted by Gasteiger charge is -1.98. The van der Waals surface area contributed by atoms with E-state index >= 15 is 0 Å². The molecule has 0 amide bonds. The Kier molecular flexibility index (Phi) is 5.36. The van der Waals surface area contributed by atoms with Crippen molar-refractivity contribution in [2.75, 3.05) is 13.1 Å². The Labute approximate surface area is 110 Å². The van der Waals surface area contributed by atoms with Crippen LogP contribution in [0.25, 0.3) is 0 Å². The molecule has 0 aromatic heterocycles. The normalized spacial score (nSPS) is 13.3. The highest BCUT2D eigenvalue weighted by Gasteiger charge is 2.12. The van der Waals surface area contributed by atoms with Crippen LogP contribution < -0.4 is 27.3 Å². The molecular weight excluding hydrogens is 286 g/mol. The molecule has 0 fully saturated rings. The SMILES string of the molecule is N#Cc1ccc(CSC2=[NH+]CCN2)cc1.[Br-]. The van der Waals surface area contributed by atoms with Crippen LogP contribution in [0.5, 0.6) is 0 Å². The maximum Gasteiger partial charge on any atom is 0.304 e. The second kappa shape index (κ2) is 6.56. The average molecular weight is 298 g/mol. The number of nitriles is 1. The molecular formula is C11H12BrN3S. The number of amidine groups is 1. The summed E-state index contributed by atoms with van der Waals surface area (Å²) in [5, 5.41) is 13.1. The lowest BCUT2D eigenvalue weighted by molar-refractivity contribution is -0.441. The third kappa shape index (κ3) is 3.54. The molecule has 1 heterocycles. The van der Waals surface area contributed by atoms with Gasteiger partial charge < -0.3 is 17.0 Å². The lowest BCUT2D eigenvalue weighted by atomic mass is 10.2. The Balaban J connectivity index is 0.00000128. The van der Waals surface area contributed by atoms with Gasteiger partial charge in [-0.15, -0.1) is 0 Å². The van der Waals surface area contributed by atoms with Gasteiger partial charge in [-0.25, -0.2) is 0 Å². The van der Waals surface area contributed by atoms with E-state index in [-0.39, 0.29) is 17.0 Å². The molecule has 1 aliphatic rings. The molecule has 1 aliphatic heterocycles. The third-order valence-electron chi connectivity index (χ3n) is 2.16. The summed E-state index contributed by atoms with van der Waals surface area (Å²) >= 11 is 1.76. The van der Waals surface area contributed by atoms with Crippen molar-refractivity contribution < 1.29 is 22.0 Å². The van der Waals surface area contributed by atoms with Crippen LogP contribution in [0.3, 0.4) is 0 Å². The smallest absolute Gasteiger partial charge is 0.304 e. The van der Waals surface area contributed by atoms with Crippen LogP contribution in [0.15, 0.2) is 24.3 Å². The molecule has 5 heteroatoms. The predicted molar refractivity (Wildman–Crippen MR) is 61.3 cm³/mol. The van der Waals surface area contributed by atoms with Gasteiger partial charge in [0.1, 0.15) is 13.1 Å². The maximum atomic E-state index is 8.65. The Morgan fingerprint density at radius 3 is 2.69 bits per heavy atom. The molecule has 1 aromatic carbocycles. The molecule has 3 nitrogen and oxygen atoms in total. The Hall–Kier alpha value is -0.990. The molecule has 0 bridgehead atoms. The van der Waals surface area contributed by atoms with Crippen molar-refractivity contribution >= 4 is 16.9 Å². The average Bonchev–Trinajstić information content (AvgIpc) is 2.80. The number of nitrogens with one attached hydrogen (secondary N) is 2. The van der Waals surface area contributed by atoms with Crippen molar-refractivity contribution in [1.82, 2.24) is 5.32 Å². The number of nitrogens with zero attached hydrogens (tertiary/aromatic N) is 1. The minimum absolute atomic E-state index is 0. The summed E-state index contributed by atoms with van der Waals surface area (Å²) in [5.74, 6) is 0.932. The van der Waals surface area contributed by atoms with Gasteiger partial charge in [-0.3, -0.25) is 10.3 Å². The molecule has 0 saturated heterocycles. The largest absolute Gasteiger partial charge is 1.00 e. The zero-order valence-corrected chi connectivity index (χ0v) is 11.1. The Bertz CT molecular complexity index is 408. The molecule has 84 valence electrons. The molecule has 2 rings (SSSR count). The first-order chi connectivity index (χ1) is 7.38. The number of hydrogen-bond donors (Lipinski definition) is 2. The van der Waals surface area contributed by atoms with Gasteiger partial charge in [0.05, 0.1) is 11.6 Å². The first kappa shape index (κ1) is 13.1. The fraction of sp³-hybridized carbons (Fsp3) is 0.273. The summed E-state index contributed by atoms with van der Waals surface area (Å²) < 4.78 is 0. The van der Waals surface area contributed by atoms with Gasteiger partial charge in [0.15, 0.2) is 0 Å². The summed E-state index contributed by atoms with van der Waals surface area (Å²) in [4.78, 5) is 3.27. The minimum Gasteiger partial charge on any atom is -1.00 e. The summed E-state index contributed by atoms with van der Waals surface area (Å²) in [7, 11) is 0. The van der Waals surface area contributed by atoms with Gasteiger partial charge >= 0.3 is 5.17 Å². The Morgan fingerprint density at radius 1 is 1.38 bits per heavy atom. The van der Waals surface area contributed by atoms with Crippen molar-refractivity contribution in [2.24, 2.45) is 0 Å². The van der Waals surface area contributed by atoms with E-state index in [2.05, 4.69) is 16.4 Å². The summed E-state index contributed by atoms with van der Waals surface area (Å²) in [6.07, 6.45) is 0. The second-order valence-corrected chi connectivity index (χ2v) is 4.27. The quantitative estimate of drug-likeness (QED) is 0.606. The van der Waals surface area contributed by atoms with E-state index in [1.165, 1.54) is 5.56 Å². The van der Waals surface area contributed by atoms with Gasteiger partial charge in [0.2, 0.25) is 0 Å². The Morgan fingerprint density at radius 2 is 2.12 bits per heavy atom. The number of halogens is 1. The van der Waals surface area contributed by atoms with Crippen LogP contribution in [0.2, 0.25) is 0 Å². The fourth-order valence-electron chi connectivity index (χ4n) is 1.35. The lowest BCUT2D eigenvalue weighted by Crippen LogP contribution is -3.00. The van der Waals surface area contributed by atoms with Crippen molar-refractivity contribution in [2.45, 2.75) is 5.75 Å². The highest BCUT2D eigenvalue weighted by atomic mass is 79.9. The van der Waals surface area contributed by atoms with Gasteiger partial charge in [-0.1, -0.05) is 12.1 Å². The van der Waals surface area contributed by atoms with Crippen LogP contribution >= 0.6 is 11.8 Å². The zero-order chi connectivity index (χ0) is 10.5. The van der Waals surface area contributed by atoms with E-state index in [0.717, 1.165) is 24.0 Å². The molecule has 0 unspecified atom stereocenters. The highest BCUT2D eigenvalue weighted by molar-refractivity contribution is 8.12. The molecule has 0 spiro atoms. The van der Waals surface area contributed by atoms with E-state index in [1.807, 2.05) is 24.3 Å². The monoisotopic (exact) mass is 297 g/mol. The van der Waals surface area contributed by atoms with Crippen molar-refractivity contribution in [1.29, 1.82) is 5.26 Å². The van der Waals surface area contributed by atoms with E-state index in [1.54, 1.807) is 11.8 Å². The number of thioether (sulfide) groups is 1. The predicted octanol–water partition coefficient (Wildman–Crippen LogP) is -3.16. The van der Waals surface area contributed by atoms with E-state index in [9.17, 15) is 0 Å². The molecule has 1 aromatic rings. The van der Waals surface area contributed by atoms with Crippen LogP contribution in [-0.2, 0) is 5.75 Å². The van der Waals surface area contributed by atoms with Crippen molar-refractivity contribution in [3.05, 3.63) is 35.4 Å². The first-order valence-corrected chi connectivity index (χ1v) is 5.83. The second-order valence-electron chi connectivity index (χ2n) is 3.28. The summed E-state index contributed by atoms with van der Waals surface area (Å²) in [6.45, 7) is 2.02. The number of rotatable bonds is 2. The van der Waals surface area contributed by atoms with Gasteiger partial charge in [-0.05, 0) is 29.5 Å². The van der Waals surface area contributed by atoms with Gasteiger partial charge in [-0.2, -0.15) is 5.26 Å². The molecule has 2 N–H and O–H groups in total. The van der Waals surface area contributed by atoms with E-state index in [4.69, 9.17) is 5.26 Å². The zero-order valence-electron chi connectivity index (χ0n) is 8.66. The van der Waals surface area contributed by atoms with Gasteiger partial charge in [0, 0.05) is 5.75 Å². The van der Waals surface area contributed by atoms with Crippen LogP contribution in [-0.4, -0.2) is 18.3 Å². The van der Waals surface area contributed by atoms with Crippen LogP contribution in [0.4, 0.5) is 0 Å². The summed E-state index contributed by atoms with van der Waals surface area (Å²) in [5.41, 5.74) is 1.95. The van der Waals surface area contributed by atoms with Crippen molar-refractivity contribution in [3.8, 4) is 6.07 Å². The van der Waals surface area contributed by atoms with E-state index < -0.39 is 0 Å². The van der Waals surface area contributed by atoms with Crippen LogP contribution in [0, 0.1) is 11.3 Å². The summed E-state index contributed by atoms with van der Waals surface area (Å²) in [6, 6.07) is 9.83. The van der Waals surface area contributed by atoms with Crippen LogP contribution in [0.1, 0.15) is 11.1 Å². The molecule has 16 heavy (non-hydrogen) atoms. The minimum atomic E-state index is 0.